The van der Waals surface area contributed by atoms with E-state index in [1.54, 1.807) is 0 Å². The van der Waals surface area contributed by atoms with Crippen molar-refractivity contribution < 1.29 is 23.8 Å². The van der Waals surface area contributed by atoms with Crippen LogP contribution in [0.5, 0.6) is 5.75 Å². The van der Waals surface area contributed by atoms with Crippen molar-refractivity contribution in [3.05, 3.63) is 65.7 Å². The summed E-state index contributed by atoms with van der Waals surface area (Å²) in [7, 11) is 0. The summed E-state index contributed by atoms with van der Waals surface area (Å²) < 4.78 is 16.8. The molecule has 3 atom stereocenters. The van der Waals surface area contributed by atoms with Crippen LogP contribution in [0, 0.1) is 5.92 Å². The van der Waals surface area contributed by atoms with Crippen LogP contribution in [0.25, 0.3) is 0 Å². The maximum atomic E-state index is 12.4. The zero-order valence-electron chi connectivity index (χ0n) is 18.6. The van der Waals surface area contributed by atoms with Crippen molar-refractivity contribution in [3.63, 3.8) is 0 Å². The molecule has 0 unspecified atom stereocenters. The van der Waals surface area contributed by atoms with Gasteiger partial charge in [-0.15, -0.1) is 0 Å². The van der Waals surface area contributed by atoms with Crippen LogP contribution in [-0.4, -0.2) is 29.8 Å². The van der Waals surface area contributed by atoms with E-state index in [9.17, 15) is 9.59 Å². The molecule has 0 radical (unpaired) electrons. The predicted octanol–water partition coefficient (Wildman–Crippen LogP) is 4.65. The van der Waals surface area contributed by atoms with Gasteiger partial charge in [0.2, 0.25) is 0 Å². The molecule has 0 aliphatic carbocycles. The molecular formula is C25H31NO5. The Balaban J connectivity index is 1.64. The van der Waals surface area contributed by atoms with Crippen LogP contribution in [0.3, 0.4) is 0 Å². The highest BCUT2D eigenvalue weighted by atomic mass is 16.6. The van der Waals surface area contributed by atoms with Gasteiger partial charge in [0.1, 0.15) is 24.1 Å². The number of ether oxygens (including phenoxy) is 3. The van der Waals surface area contributed by atoms with Crippen molar-refractivity contribution in [2.24, 2.45) is 5.92 Å². The van der Waals surface area contributed by atoms with E-state index in [1.807, 2.05) is 82.3 Å². The second-order valence-corrected chi connectivity index (χ2v) is 8.99. The normalized spacial score (nSPS) is 19.4. The molecule has 1 aliphatic rings. The van der Waals surface area contributed by atoms with E-state index in [0.29, 0.717) is 19.4 Å². The number of rotatable bonds is 7. The Morgan fingerprint density at radius 2 is 1.77 bits per heavy atom. The topological polar surface area (TPSA) is 73.9 Å². The Kier molecular flexibility index (Phi) is 7.21. The molecule has 1 fully saturated rings. The standard InChI is InChI=1S/C25H31NO5/c1-17-14-22(30-23(17)27)21(26-24(28)31-25(2,3)4)15-18-10-12-20(13-11-18)29-16-19-8-6-5-7-9-19/h5-13,17,21-22H,14-16H2,1-4H3,(H,26,28)/t17-,21+,22+/m1/s1. The Morgan fingerprint density at radius 1 is 1.10 bits per heavy atom. The zero-order valence-corrected chi connectivity index (χ0v) is 18.6. The van der Waals surface area contributed by atoms with Crippen LogP contribution in [0.2, 0.25) is 0 Å². The molecule has 1 aliphatic heterocycles. The first-order chi connectivity index (χ1) is 14.7. The lowest BCUT2D eigenvalue weighted by atomic mass is 9.96. The van der Waals surface area contributed by atoms with Gasteiger partial charge in [-0.25, -0.2) is 4.79 Å². The van der Waals surface area contributed by atoms with Crippen LogP contribution in [0.1, 0.15) is 45.2 Å². The lowest BCUT2D eigenvalue weighted by molar-refractivity contribution is -0.144. The number of hydrogen-bond acceptors (Lipinski definition) is 5. The number of alkyl carbamates (subject to hydrolysis) is 1. The van der Waals surface area contributed by atoms with Gasteiger partial charge in [0, 0.05) is 0 Å². The molecule has 0 aromatic heterocycles. The summed E-state index contributed by atoms with van der Waals surface area (Å²) in [5.41, 5.74) is 1.50. The summed E-state index contributed by atoms with van der Waals surface area (Å²) in [5, 5.41) is 2.90. The van der Waals surface area contributed by atoms with E-state index in [2.05, 4.69) is 5.32 Å². The van der Waals surface area contributed by atoms with Gasteiger partial charge in [0.15, 0.2) is 0 Å². The zero-order chi connectivity index (χ0) is 22.4. The minimum absolute atomic E-state index is 0.179. The summed E-state index contributed by atoms with van der Waals surface area (Å²) in [6, 6.07) is 17.3. The predicted molar refractivity (Wildman–Crippen MR) is 118 cm³/mol. The second kappa shape index (κ2) is 9.86. The molecule has 31 heavy (non-hydrogen) atoms. The number of carbonyl (C=O) groups is 2. The molecule has 166 valence electrons. The molecule has 1 amide bonds. The SMILES string of the molecule is C[C@@H]1C[C@@H]([C@H](Cc2ccc(OCc3ccccc3)cc2)NC(=O)OC(C)(C)C)OC1=O. The number of amides is 1. The molecular weight excluding hydrogens is 394 g/mol. The number of cyclic esters (lactones) is 1. The van der Waals surface area contributed by atoms with Gasteiger partial charge in [-0.1, -0.05) is 49.4 Å². The molecule has 6 heteroatoms. The third-order valence-electron chi connectivity index (χ3n) is 5.03. The van der Waals surface area contributed by atoms with E-state index in [1.165, 1.54) is 0 Å². The van der Waals surface area contributed by atoms with E-state index in [-0.39, 0.29) is 24.0 Å². The number of hydrogen-bond donors (Lipinski definition) is 1. The Bertz CT molecular complexity index is 873. The van der Waals surface area contributed by atoms with Crippen LogP contribution >= 0.6 is 0 Å². The summed E-state index contributed by atoms with van der Waals surface area (Å²) in [6.07, 6.45) is 0.181. The van der Waals surface area contributed by atoms with Gasteiger partial charge in [-0.3, -0.25) is 4.79 Å². The van der Waals surface area contributed by atoms with E-state index >= 15 is 0 Å². The molecule has 6 nitrogen and oxygen atoms in total. The summed E-state index contributed by atoms with van der Waals surface area (Å²) in [5.74, 6) is 0.359. The molecule has 0 bridgehead atoms. The Hall–Kier alpha value is -3.02. The molecule has 1 N–H and O–H groups in total. The minimum atomic E-state index is -0.605. The second-order valence-electron chi connectivity index (χ2n) is 8.99. The minimum Gasteiger partial charge on any atom is -0.489 e. The fourth-order valence-corrected chi connectivity index (χ4v) is 3.46. The Morgan fingerprint density at radius 3 is 2.35 bits per heavy atom. The number of carbonyl (C=O) groups excluding carboxylic acids is 2. The summed E-state index contributed by atoms with van der Waals surface area (Å²) >= 11 is 0. The van der Waals surface area contributed by atoms with Crippen LogP contribution in [-0.2, 0) is 27.3 Å². The average molecular weight is 426 g/mol. The molecule has 0 spiro atoms. The summed E-state index contributed by atoms with van der Waals surface area (Å²) in [6.45, 7) is 7.78. The molecule has 2 aromatic rings. The average Bonchev–Trinajstić information content (AvgIpc) is 3.05. The lowest BCUT2D eigenvalue weighted by Crippen LogP contribution is -2.46. The van der Waals surface area contributed by atoms with Crippen LogP contribution < -0.4 is 10.1 Å². The molecule has 1 saturated heterocycles. The summed E-state index contributed by atoms with van der Waals surface area (Å²) in [4.78, 5) is 24.3. The first-order valence-electron chi connectivity index (χ1n) is 10.7. The fraction of sp³-hybridized carbons (Fsp3) is 0.440. The number of nitrogens with one attached hydrogen (secondary N) is 1. The first kappa shape index (κ1) is 22.7. The van der Waals surface area contributed by atoms with Gasteiger partial charge in [0.05, 0.1) is 12.0 Å². The van der Waals surface area contributed by atoms with Gasteiger partial charge in [-0.2, -0.15) is 0 Å². The van der Waals surface area contributed by atoms with Crippen molar-refractivity contribution in [2.45, 2.75) is 64.9 Å². The van der Waals surface area contributed by atoms with Crippen molar-refractivity contribution in [2.75, 3.05) is 0 Å². The van der Waals surface area contributed by atoms with Crippen LogP contribution in [0.4, 0.5) is 4.79 Å². The van der Waals surface area contributed by atoms with Gasteiger partial charge in [0.25, 0.3) is 0 Å². The maximum absolute atomic E-state index is 12.4. The van der Waals surface area contributed by atoms with E-state index < -0.39 is 11.7 Å². The quantitative estimate of drug-likeness (QED) is 0.654. The highest BCUT2D eigenvalue weighted by Crippen LogP contribution is 2.25. The van der Waals surface area contributed by atoms with Crippen molar-refractivity contribution >= 4 is 12.1 Å². The molecule has 2 aromatic carbocycles. The van der Waals surface area contributed by atoms with E-state index in [0.717, 1.165) is 16.9 Å². The number of esters is 1. The smallest absolute Gasteiger partial charge is 0.408 e. The lowest BCUT2D eigenvalue weighted by Gasteiger charge is -2.26. The third-order valence-corrected chi connectivity index (χ3v) is 5.03. The molecule has 0 saturated carbocycles. The Labute approximate surface area is 183 Å². The molecule has 3 rings (SSSR count). The van der Waals surface area contributed by atoms with Crippen molar-refractivity contribution in [1.29, 1.82) is 0 Å². The van der Waals surface area contributed by atoms with Crippen LogP contribution in [0.15, 0.2) is 54.6 Å². The fourth-order valence-electron chi connectivity index (χ4n) is 3.46. The van der Waals surface area contributed by atoms with Gasteiger partial charge >= 0.3 is 12.1 Å². The van der Waals surface area contributed by atoms with E-state index in [4.69, 9.17) is 14.2 Å². The van der Waals surface area contributed by atoms with Gasteiger partial charge < -0.3 is 19.5 Å². The number of benzene rings is 2. The molecule has 1 heterocycles. The third kappa shape index (κ3) is 7.02. The van der Waals surface area contributed by atoms with Gasteiger partial charge in [-0.05, 0) is 56.9 Å². The highest BCUT2D eigenvalue weighted by Gasteiger charge is 2.37. The first-order valence-corrected chi connectivity index (χ1v) is 10.7. The maximum Gasteiger partial charge on any atom is 0.408 e. The highest BCUT2D eigenvalue weighted by molar-refractivity contribution is 5.74. The van der Waals surface area contributed by atoms with Crippen molar-refractivity contribution in [3.8, 4) is 5.75 Å². The monoisotopic (exact) mass is 425 g/mol. The largest absolute Gasteiger partial charge is 0.489 e. The van der Waals surface area contributed by atoms with Crippen molar-refractivity contribution in [1.82, 2.24) is 5.32 Å².